The van der Waals surface area contributed by atoms with Crippen LogP contribution in [0.15, 0.2) is 30.5 Å². The normalized spacial score (nSPS) is 16.7. The second-order valence-electron chi connectivity index (χ2n) is 6.02. The minimum Gasteiger partial charge on any atom is -0.342 e. The Morgan fingerprint density at radius 3 is 2.45 bits per heavy atom. The summed E-state index contributed by atoms with van der Waals surface area (Å²) in [6.07, 6.45) is 5.47. The van der Waals surface area contributed by atoms with E-state index in [2.05, 4.69) is 10.4 Å². The van der Waals surface area contributed by atoms with Gasteiger partial charge in [0.05, 0.1) is 17.3 Å². The van der Waals surface area contributed by atoms with Crippen LogP contribution in [0, 0.1) is 12.7 Å². The van der Waals surface area contributed by atoms with Gasteiger partial charge in [0.2, 0.25) is 0 Å². The van der Waals surface area contributed by atoms with Crippen LogP contribution in [-0.4, -0.2) is 15.7 Å². The third kappa shape index (κ3) is 2.51. The fraction of sp³-hybridized carbons (Fsp3) is 0.412. The molecular weight excluding hydrogens is 281 g/mol. The van der Waals surface area contributed by atoms with Gasteiger partial charge in [-0.3, -0.25) is 9.48 Å². The van der Waals surface area contributed by atoms with Gasteiger partial charge in [0, 0.05) is 12.7 Å². The van der Waals surface area contributed by atoms with Gasteiger partial charge < -0.3 is 5.32 Å². The third-order valence-electron chi connectivity index (χ3n) is 4.69. The molecule has 0 atom stereocenters. The van der Waals surface area contributed by atoms with Crippen LogP contribution in [0.3, 0.4) is 0 Å². The molecule has 0 bridgehead atoms. The summed E-state index contributed by atoms with van der Waals surface area (Å²) in [5.74, 6) is -0.372. The Kier molecular flexibility index (Phi) is 3.72. The predicted octanol–water partition coefficient (Wildman–Crippen LogP) is 3.07. The van der Waals surface area contributed by atoms with Gasteiger partial charge in [0.15, 0.2) is 0 Å². The molecule has 2 aromatic rings. The second kappa shape index (κ2) is 5.55. The molecular formula is C17H20FN3O. The van der Waals surface area contributed by atoms with Crippen LogP contribution in [0.5, 0.6) is 0 Å². The number of aryl methyl sites for hydroxylation is 1. The van der Waals surface area contributed by atoms with Crippen LogP contribution in [-0.2, 0) is 12.6 Å². The molecule has 0 unspecified atom stereocenters. The highest BCUT2D eigenvalue weighted by Gasteiger charge is 2.37. The van der Waals surface area contributed by atoms with E-state index < -0.39 is 5.54 Å². The number of amides is 1. The average Bonchev–Trinajstić information content (AvgIpc) is 3.09. The quantitative estimate of drug-likeness (QED) is 0.947. The molecule has 0 saturated heterocycles. The summed E-state index contributed by atoms with van der Waals surface area (Å²) in [5.41, 5.74) is 2.01. The molecule has 0 aliphatic heterocycles. The molecule has 1 aliphatic rings. The lowest BCUT2D eigenvalue weighted by atomic mass is 9.87. The van der Waals surface area contributed by atoms with Gasteiger partial charge in [0.25, 0.3) is 5.91 Å². The molecule has 1 heterocycles. The fourth-order valence-electron chi connectivity index (χ4n) is 3.24. The number of aromatic nitrogens is 2. The highest BCUT2D eigenvalue weighted by molar-refractivity contribution is 5.95. The van der Waals surface area contributed by atoms with Crippen LogP contribution < -0.4 is 5.32 Å². The molecule has 1 saturated carbocycles. The summed E-state index contributed by atoms with van der Waals surface area (Å²) in [6.45, 7) is 1.88. The maximum atomic E-state index is 13.2. The van der Waals surface area contributed by atoms with Gasteiger partial charge in [-0.2, -0.15) is 5.10 Å². The van der Waals surface area contributed by atoms with Crippen LogP contribution >= 0.6 is 0 Å². The van der Waals surface area contributed by atoms with Crippen molar-refractivity contribution in [2.45, 2.75) is 38.1 Å². The summed E-state index contributed by atoms with van der Waals surface area (Å²) in [4.78, 5) is 12.6. The van der Waals surface area contributed by atoms with E-state index in [9.17, 15) is 9.18 Å². The van der Waals surface area contributed by atoms with Crippen LogP contribution in [0.25, 0.3) is 0 Å². The average molecular weight is 301 g/mol. The van der Waals surface area contributed by atoms with E-state index in [1.165, 1.54) is 12.1 Å². The number of hydrogen-bond acceptors (Lipinski definition) is 2. The topological polar surface area (TPSA) is 46.9 Å². The Bertz CT molecular complexity index is 684. The number of rotatable bonds is 3. The molecule has 1 aromatic heterocycles. The Labute approximate surface area is 129 Å². The Morgan fingerprint density at radius 1 is 1.27 bits per heavy atom. The van der Waals surface area contributed by atoms with Crippen molar-refractivity contribution in [1.29, 1.82) is 0 Å². The summed E-state index contributed by atoms with van der Waals surface area (Å²) >= 11 is 0. The van der Waals surface area contributed by atoms with Crippen molar-refractivity contribution in [3.8, 4) is 0 Å². The highest BCUT2D eigenvalue weighted by Crippen LogP contribution is 2.39. The Morgan fingerprint density at radius 2 is 1.91 bits per heavy atom. The first-order valence-electron chi connectivity index (χ1n) is 7.59. The molecule has 1 amide bonds. The fourth-order valence-corrected chi connectivity index (χ4v) is 3.24. The Hall–Kier alpha value is -2.17. The largest absolute Gasteiger partial charge is 0.342 e. The van der Waals surface area contributed by atoms with E-state index in [-0.39, 0.29) is 11.7 Å². The molecule has 0 spiro atoms. The summed E-state index contributed by atoms with van der Waals surface area (Å²) < 4.78 is 14.9. The summed E-state index contributed by atoms with van der Waals surface area (Å²) in [7, 11) is 1.82. The van der Waals surface area contributed by atoms with Crippen molar-refractivity contribution >= 4 is 5.91 Å². The molecule has 116 valence electrons. The monoisotopic (exact) mass is 301 g/mol. The van der Waals surface area contributed by atoms with Crippen molar-refractivity contribution in [3.05, 3.63) is 53.1 Å². The number of carbonyl (C=O) groups is 1. The van der Waals surface area contributed by atoms with E-state index in [4.69, 9.17) is 0 Å². The smallest absolute Gasteiger partial charge is 0.255 e. The van der Waals surface area contributed by atoms with Crippen LogP contribution in [0.2, 0.25) is 0 Å². The first-order valence-corrected chi connectivity index (χ1v) is 7.59. The number of carbonyl (C=O) groups excluding carboxylic acids is 1. The molecule has 0 radical (unpaired) electrons. The molecule has 1 aliphatic carbocycles. The van der Waals surface area contributed by atoms with Crippen LogP contribution in [0.4, 0.5) is 4.39 Å². The number of hydrogen-bond donors (Lipinski definition) is 1. The Balaban J connectivity index is 1.90. The number of halogens is 1. The summed E-state index contributed by atoms with van der Waals surface area (Å²) in [6, 6.07) is 6.46. The molecule has 1 aromatic carbocycles. The van der Waals surface area contributed by atoms with Gasteiger partial charge in [-0.25, -0.2) is 4.39 Å². The van der Waals surface area contributed by atoms with Crippen LogP contribution in [0.1, 0.15) is 47.3 Å². The SMILES string of the molecule is Cc1c(C(=O)NC2(c3ccc(F)cc3)CCCC2)cnn1C. The first kappa shape index (κ1) is 14.8. The van der Waals surface area contributed by atoms with E-state index in [1.807, 2.05) is 14.0 Å². The number of nitrogens with zero attached hydrogens (tertiary/aromatic N) is 2. The van der Waals surface area contributed by atoms with Gasteiger partial charge in [-0.15, -0.1) is 0 Å². The van der Waals surface area contributed by atoms with Crippen molar-refractivity contribution < 1.29 is 9.18 Å². The maximum Gasteiger partial charge on any atom is 0.255 e. The lowest BCUT2D eigenvalue weighted by molar-refractivity contribution is 0.0897. The zero-order valence-electron chi connectivity index (χ0n) is 12.9. The van der Waals surface area contributed by atoms with Crippen molar-refractivity contribution in [3.63, 3.8) is 0 Å². The van der Waals surface area contributed by atoms with Crippen molar-refractivity contribution in [1.82, 2.24) is 15.1 Å². The number of benzene rings is 1. The van der Waals surface area contributed by atoms with Gasteiger partial charge in [-0.05, 0) is 37.5 Å². The molecule has 3 rings (SSSR count). The van der Waals surface area contributed by atoms with E-state index >= 15 is 0 Å². The zero-order valence-corrected chi connectivity index (χ0v) is 12.9. The van der Waals surface area contributed by atoms with Crippen molar-refractivity contribution in [2.75, 3.05) is 0 Å². The second-order valence-corrected chi connectivity index (χ2v) is 6.02. The van der Waals surface area contributed by atoms with Gasteiger partial charge in [0.1, 0.15) is 5.82 Å². The van der Waals surface area contributed by atoms with Crippen molar-refractivity contribution in [2.24, 2.45) is 7.05 Å². The summed E-state index contributed by atoms with van der Waals surface area (Å²) in [5, 5.41) is 7.31. The van der Waals surface area contributed by atoms with E-state index in [0.717, 1.165) is 36.9 Å². The van der Waals surface area contributed by atoms with E-state index in [0.29, 0.717) is 5.56 Å². The highest BCUT2D eigenvalue weighted by atomic mass is 19.1. The standard InChI is InChI=1S/C17H20FN3O/c1-12-15(11-19-21(12)2)16(22)20-17(9-3-4-10-17)13-5-7-14(18)8-6-13/h5-8,11H,3-4,9-10H2,1-2H3,(H,20,22). The minimum atomic E-state index is -0.396. The molecule has 1 N–H and O–H groups in total. The lowest BCUT2D eigenvalue weighted by Gasteiger charge is -2.31. The number of nitrogens with one attached hydrogen (secondary N) is 1. The predicted molar refractivity (Wildman–Crippen MR) is 82.0 cm³/mol. The third-order valence-corrected chi connectivity index (χ3v) is 4.69. The van der Waals surface area contributed by atoms with Gasteiger partial charge >= 0.3 is 0 Å². The zero-order chi connectivity index (χ0) is 15.7. The molecule has 1 fully saturated rings. The first-order chi connectivity index (χ1) is 10.5. The lowest BCUT2D eigenvalue weighted by Crippen LogP contribution is -2.44. The van der Waals surface area contributed by atoms with E-state index in [1.54, 1.807) is 23.0 Å². The minimum absolute atomic E-state index is 0.114. The van der Waals surface area contributed by atoms with Gasteiger partial charge in [-0.1, -0.05) is 25.0 Å². The molecule has 22 heavy (non-hydrogen) atoms. The molecule has 4 nitrogen and oxygen atoms in total. The maximum absolute atomic E-state index is 13.2. The molecule has 5 heteroatoms.